The minimum atomic E-state index is -0.130. The fourth-order valence-corrected chi connectivity index (χ4v) is 2.75. The van der Waals surface area contributed by atoms with Crippen LogP contribution >= 0.6 is 0 Å². The Kier molecular flexibility index (Phi) is 6.90. The van der Waals surface area contributed by atoms with E-state index in [0.29, 0.717) is 25.3 Å². The molecule has 1 N–H and O–H groups in total. The third kappa shape index (κ3) is 4.88. The number of carbonyl (C=O) groups excluding carboxylic acids is 1. The molecule has 5 nitrogen and oxygen atoms in total. The number of hydrogen-bond acceptors (Lipinski definition) is 4. The van der Waals surface area contributed by atoms with Crippen LogP contribution in [0.5, 0.6) is 0 Å². The van der Waals surface area contributed by atoms with Gasteiger partial charge in [-0.15, -0.1) is 0 Å². The lowest BCUT2D eigenvalue weighted by molar-refractivity contribution is -0.117. The van der Waals surface area contributed by atoms with E-state index in [4.69, 9.17) is 4.74 Å². The van der Waals surface area contributed by atoms with Gasteiger partial charge in [-0.25, -0.2) is 0 Å². The Morgan fingerprint density at radius 1 is 1.42 bits per heavy atom. The van der Waals surface area contributed by atoms with E-state index in [1.54, 1.807) is 24.5 Å². The van der Waals surface area contributed by atoms with E-state index >= 15 is 0 Å². The van der Waals surface area contributed by atoms with Gasteiger partial charge in [-0.2, -0.15) is 0 Å². The van der Waals surface area contributed by atoms with Crippen molar-refractivity contribution in [3.8, 4) is 0 Å². The zero-order chi connectivity index (χ0) is 17.4. The summed E-state index contributed by atoms with van der Waals surface area (Å²) in [6.45, 7) is 13.0. The van der Waals surface area contributed by atoms with Crippen LogP contribution in [-0.4, -0.2) is 48.6 Å². The van der Waals surface area contributed by atoms with Crippen molar-refractivity contribution in [1.29, 1.82) is 0 Å². The van der Waals surface area contributed by atoms with Gasteiger partial charge >= 0.3 is 0 Å². The molecule has 0 saturated carbocycles. The van der Waals surface area contributed by atoms with E-state index in [0.717, 1.165) is 24.2 Å². The standard InChI is InChI=1S/C19H25N3O2/c1-4-5-17(15(2)3)19(23)21-14-18(16-6-8-20-9-7-16)22-10-12-24-13-11-22/h4-9,18H,1-2,10-14H2,3H3,(H,21,23)/b17-5+. The molecule has 1 aromatic heterocycles. The molecule has 1 saturated heterocycles. The van der Waals surface area contributed by atoms with E-state index in [2.05, 4.69) is 28.4 Å². The summed E-state index contributed by atoms with van der Waals surface area (Å²) in [7, 11) is 0. The van der Waals surface area contributed by atoms with Crippen molar-refractivity contribution >= 4 is 5.91 Å². The maximum atomic E-state index is 12.4. The third-order valence-electron chi connectivity index (χ3n) is 4.02. The van der Waals surface area contributed by atoms with E-state index in [-0.39, 0.29) is 11.9 Å². The molecule has 128 valence electrons. The Hall–Kier alpha value is -2.24. The molecule has 1 amide bonds. The largest absolute Gasteiger partial charge is 0.379 e. The van der Waals surface area contributed by atoms with Gasteiger partial charge in [-0.1, -0.05) is 19.2 Å². The summed E-state index contributed by atoms with van der Waals surface area (Å²) in [5.41, 5.74) is 2.41. The summed E-state index contributed by atoms with van der Waals surface area (Å²) >= 11 is 0. The van der Waals surface area contributed by atoms with Crippen LogP contribution in [0.15, 0.2) is 61.0 Å². The van der Waals surface area contributed by atoms with Gasteiger partial charge in [0.05, 0.1) is 19.3 Å². The average molecular weight is 327 g/mol. The van der Waals surface area contributed by atoms with Crippen molar-refractivity contribution in [2.45, 2.75) is 13.0 Å². The highest BCUT2D eigenvalue weighted by molar-refractivity contribution is 5.97. The highest BCUT2D eigenvalue weighted by atomic mass is 16.5. The van der Waals surface area contributed by atoms with E-state index in [1.165, 1.54) is 0 Å². The smallest absolute Gasteiger partial charge is 0.251 e. The SMILES string of the molecule is C=C/C=C(\C(=C)C)C(=O)NCC(c1ccncc1)N1CCOCC1. The normalized spacial score (nSPS) is 17.1. The quantitative estimate of drug-likeness (QED) is 0.616. The number of carbonyl (C=O) groups is 1. The second-order valence-corrected chi connectivity index (χ2v) is 5.75. The summed E-state index contributed by atoms with van der Waals surface area (Å²) < 4.78 is 5.44. The van der Waals surface area contributed by atoms with Crippen LogP contribution in [0.2, 0.25) is 0 Å². The minimum Gasteiger partial charge on any atom is -0.379 e. The number of aromatic nitrogens is 1. The van der Waals surface area contributed by atoms with E-state index in [1.807, 2.05) is 19.1 Å². The number of nitrogens with zero attached hydrogens (tertiary/aromatic N) is 2. The number of amides is 1. The predicted molar refractivity (Wildman–Crippen MR) is 95.5 cm³/mol. The molecule has 1 fully saturated rings. The molecule has 1 aromatic rings. The van der Waals surface area contributed by atoms with Gasteiger partial charge in [0.15, 0.2) is 0 Å². The number of morpholine rings is 1. The molecular formula is C19H25N3O2. The lowest BCUT2D eigenvalue weighted by Crippen LogP contribution is -2.44. The predicted octanol–water partition coefficient (Wildman–Crippen LogP) is 2.26. The Morgan fingerprint density at radius 2 is 2.08 bits per heavy atom. The summed E-state index contributed by atoms with van der Waals surface area (Å²) in [4.78, 5) is 18.9. The van der Waals surface area contributed by atoms with Gasteiger partial charge in [-0.3, -0.25) is 14.7 Å². The van der Waals surface area contributed by atoms with Gasteiger partial charge < -0.3 is 10.1 Å². The molecule has 0 bridgehead atoms. The molecule has 2 heterocycles. The first-order valence-corrected chi connectivity index (χ1v) is 8.12. The Balaban J connectivity index is 2.11. The van der Waals surface area contributed by atoms with Crippen LogP contribution in [-0.2, 0) is 9.53 Å². The van der Waals surface area contributed by atoms with Crippen LogP contribution in [0.3, 0.4) is 0 Å². The molecule has 1 unspecified atom stereocenters. The molecule has 24 heavy (non-hydrogen) atoms. The van der Waals surface area contributed by atoms with E-state index in [9.17, 15) is 4.79 Å². The van der Waals surface area contributed by atoms with Crippen LogP contribution in [0, 0.1) is 0 Å². The van der Waals surface area contributed by atoms with Crippen molar-refractivity contribution < 1.29 is 9.53 Å². The maximum absolute atomic E-state index is 12.4. The maximum Gasteiger partial charge on any atom is 0.251 e. The minimum absolute atomic E-state index is 0.0935. The topological polar surface area (TPSA) is 54.5 Å². The molecule has 0 aliphatic carbocycles. The van der Waals surface area contributed by atoms with Crippen LogP contribution in [0.4, 0.5) is 0 Å². The summed E-state index contributed by atoms with van der Waals surface area (Å²) in [5, 5.41) is 3.03. The molecule has 1 aliphatic rings. The summed E-state index contributed by atoms with van der Waals surface area (Å²) in [6.07, 6.45) is 6.85. The second-order valence-electron chi connectivity index (χ2n) is 5.75. The zero-order valence-electron chi connectivity index (χ0n) is 14.2. The van der Waals surface area contributed by atoms with Crippen LogP contribution in [0.1, 0.15) is 18.5 Å². The number of ether oxygens (including phenoxy) is 1. The monoisotopic (exact) mass is 327 g/mol. The third-order valence-corrected chi connectivity index (χ3v) is 4.02. The van der Waals surface area contributed by atoms with Gasteiger partial charge in [0.2, 0.25) is 0 Å². The average Bonchev–Trinajstić information content (AvgIpc) is 2.61. The van der Waals surface area contributed by atoms with Crippen LogP contribution < -0.4 is 5.32 Å². The van der Waals surface area contributed by atoms with Crippen molar-refractivity contribution in [1.82, 2.24) is 15.2 Å². The molecule has 0 aromatic carbocycles. The Bertz CT molecular complexity index is 604. The van der Waals surface area contributed by atoms with Crippen molar-refractivity contribution in [2.75, 3.05) is 32.8 Å². The first kappa shape index (κ1) is 18.1. The van der Waals surface area contributed by atoms with Crippen molar-refractivity contribution in [3.05, 3.63) is 66.5 Å². The summed E-state index contributed by atoms with van der Waals surface area (Å²) in [5.74, 6) is -0.130. The molecule has 1 aliphatic heterocycles. The van der Waals surface area contributed by atoms with Crippen molar-refractivity contribution in [3.63, 3.8) is 0 Å². The van der Waals surface area contributed by atoms with E-state index < -0.39 is 0 Å². The number of nitrogens with one attached hydrogen (secondary N) is 1. The number of pyridine rings is 1. The van der Waals surface area contributed by atoms with Gasteiger partial charge in [0.25, 0.3) is 5.91 Å². The molecule has 2 rings (SSSR count). The highest BCUT2D eigenvalue weighted by Gasteiger charge is 2.23. The number of allylic oxidation sites excluding steroid dienone is 2. The van der Waals surface area contributed by atoms with Gasteiger partial charge in [0, 0.05) is 37.6 Å². The summed E-state index contributed by atoms with van der Waals surface area (Å²) in [6, 6.07) is 4.08. The van der Waals surface area contributed by atoms with Crippen LogP contribution in [0.25, 0.3) is 0 Å². The van der Waals surface area contributed by atoms with Gasteiger partial charge in [-0.05, 0) is 36.3 Å². The first-order valence-electron chi connectivity index (χ1n) is 8.12. The molecular weight excluding hydrogens is 302 g/mol. The molecule has 5 heteroatoms. The number of hydrogen-bond donors (Lipinski definition) is 1. The number of rotatable bonds is 7. The van der Waals surface area contributed by atoms with Crippen molar-refractivity contribution in [2.24, 2.45) is 0 Å². The molecule has 0 spiro atoms. The highest BCUT2D eigenvalue weighted by Crippen LogP contribution is 2.21. The molecule has 0 radical (unpaired) electrons. The Morgan fingerprint density at radius 3 is 2.67 bits per heavy atom. The Labute approximate surface area is 143 Å². The zero-order valence-corrected chi connectivity index (χ0v) is 14.2. The lowest BCUT2D eigenvalue weighted by atomic mass is 10.0. The fraction of sp³-hybridized carbons (Fsp3) is 0.368. The fourth-order valence-electron chi connectivity index (χ4n) is 2.75. The lowest BCUT2D eigenvalue weighted by Gasteiger charge is -2.34. The first-order chi connectivity index (χ1) is 11.6. The molecule has 1 atom stereocenters. The van der Waals surface area contributed by atoms with Gasteiger partial charge in [0.1, 0.15) is 0 Å². The second kappa shape index (κ2) is 9.15.